The van der Waals surface area contributed by atoms with Gasteiger partial charge in [0.1, 0.15) is 12.6 Å². The van der Waals surface area contributed by atoms with Gasteiger partial charge in [0, 0.05) is 18.9 Å². The van der Waals surface area contributed by atoms with Gasteiger partial charge in [-0.15, -0.1) is 11.8 Å². The number of benzene rings is 2. The number of hydrogen-bond acceptors (Lipinski definition) is 5. The lowest BCUT2D eigenvalue weighted by Crippen LogP contribution is -2.43. The number of hydrogen-bond donors (Lipinski definition) is 4. The molecule has 0 radical (unpaired) electrons. The van der Waals surface area contributed by atoms with Gasteiger partial charge in [-0.1, -0.05) is 48.5 Å². The van der Waals surface area contributed by atoms with Crippen molar-refractivity contribution in [1.82, 2.24) is 10.6 Å². The molecule has 0 aromatic heterocycles. The van der Waals surface area contributed by atoms with Gasteiger partial charge >= 0.3 is 12.1 Å². The standard InChI is InChI=1S/C25H26N2O6/c1-2-3-12-22(24(30)31)27-23(29)13-16(28)14-26-25(32)33-15-21-19-10-6-4-8-17(19)18-9-5-7-11-20(18)21/h4-11,16,21-22,28H,12-15H2,1H3,(H,26,32)(H,27,29)(H,30,31). The Kier molecular flexibility index (Phi) is 8.06. The van der Waals surface area contributed by atoms with E-state index in [1.54, 1.807) is 6.92 Å². The molecule has 172 valence electrons. The number of alkyl carbamates (subject to hydrolysis) is 1. The molecule has 8 heteroatoms. The molecule has 3 rings (SSSR count). The summed E-state index contributed by atoms with van der Waals surface area (Å²) in [7, 11) is 0. The first-order chi connectivity index (χ1) is 15.9. The van der Waals surface area contributed by atoms with E-state index in [2.05, 4.69) is 22.5 Å². The minimum absolute atomic E-state index is 0.0360. The number of aliphatic hydroxyl groups excluding tert-OH is 1. The van der Waals surface area contributed by atoms with E-state index in [4.69, 9.17) is 9.84 Å². The summed E-state index contributed by atoms with van der Waals surface area (Å²) in [6.07, 6.45) is -2.31. The molecule has 4 N–H and O–H groups in total. The number of aliphatic hydroxyl groups is 1. The molecule has 0 saturated carbocycles. The van der Waals surface area contributed by atoms with Crippen LogP contribution in [0.3, 0.4) is 0 Å². The fourth-order valence-corrected chi connectivity index (χ4v) is 3.79. The van der Waals surface area contributed by atoms with E-state index in [0.29, 0.717) is 0 Å². The molecule has 0 bridgehead atoms. The Hall–Kier alpha value is -3.83. The molecule has 33 heavy (non-hydrogen) atoms. The van der Waals surface area contributed by atoms with Gasteiger partial charge in [0.05, 0.1) is 12.5 Å². The summed E-state index contributed by atoms with van der Waals surface area (Å²) in [5, 5.41) is 23.9. The SMILES string of the molecule is CC#CCC(NC(=O)CC(O)CNC(=O)OCC1c2ccccc2-c2ccccc21)C(=O)O. The summed E-state index contributed by atoms with van der Waals surface area (Å²) < 4.78 is 5.38. The van der Waals surface area contributed by atoms with Crippen molar-refractivity contribution in [3.8, 4) is 23.0 Å². The Balaban J connectivity index is 1.46. The molecule has 1 aliphatic rings. The highest BCUT2D eigenvalue weighted by Crippen LogP contribution is 2.44. The number of carbonyl (C=O) groups is 3. The molecule has 1 aliphatic carbocycles. The highest BCUT2D eigenvalue weighted by Gasteiger charge is 2.29. The Morgan fingerprint density at radius 3 is 2.24 bits per heavy atom. The second-order valence-corrected chi connectivity index (χ2v) is 7.65. The zero-order chi connectivity index (χ0) is 23.8. The average molecular weight is 450 g/mol. The van der Waals surface area contributed by atoms with Crippen LogP contribution in [0.2, 0.25) is 0 Å². The van der Waals surface area contributed by atoms with Crippen molar-refractivity contribution in [2.75, 3.05) is 13.2 Å². The van der Waals surface area contributed by atoms with E-state index in [1.165, 1.54) is 0 Å². The second kappa shape index (κ2) is 11.2. The number of fused-ring (bicyclic) bond motifs is 3. The third-order valence-corrected chi connectivity index (χ3v) is 5.36. The first-order valence-electron chi connectivity index (χ1n) is 10.6. The zero-order valence-electron chi connectivity index (χ0n) is 18.2. The molecule has 2 aromatic carbocycles. The van der Waals surface area contributed by atoms with Crippen LogP contribution >= 0.6 is 0 Å². The largest absolute Gasteiger partial charge is 0.480 e. The highest BCUT2D eigenvalue weighted by atomic mass is 16.5. The van der Waals surface area contributed by atoms with Crippen molar-refractivity contribution in [2.24, 2.45) is 0 Å². The fourth-order valence-electron chi connectivity index (χ4n) is 3.79. The maximum atomic E-state index is 12.2. The summed E-state index contributed by atoms with van der Waals surface area (Å²) >= 11 is 0. The molecule has 0 heterocycles. The minimum atomic E-state index is -1.21. The summed E-state index contributed by atoms with van der Waals surface area (Å²) in [5.74, 6) is 3.22. The van der Waals surface area contributed by atoms with Crippen LogP contribution in [-0.2, 0) is 14.3 Å². The molecule has 0 aliphatic heterocycles. The van der Waals surface area contributed by atoms with Crippen molar-refractivity contribution in [2.45, 2.75) is 37.8 Å². The maximum Gasteiger partial charge on any atom is 0.407 e. The quantitative estimate of drug-likeness (QED) is 0.435. The first-order valence-corrected chi connectivity index (χ1v) is 10.6. The van der Waals surface area contributed by atoms with E-state index in [9.17, 15) is 19.5 Å². The summed E-state index contributed by atoms with van der Waals surface area (Å²) in [6, 6.07) is 14.8. The summed E-state index contributed by atoms with van der Waals surface area (Å²) in [4.78, 5) is 35.3. The Morgan fingerprint density at radius 1 is 1.06 bits per heavy atom. The first kappa shape index (κ1) is 23.8. The smallest absolute Gasteiger partial charge is 0.407 e. The number of ether oxygens (including phenoxy) is 1. The van der Waals surface area contributed by atoms with Crippen LogP contribution in [0.25, 0.3) is 11.1 Å². The van der Waals surface area contributed by atoms with Gasteiger partial charge in [-0.25, -0.2) is 9.59 Å². The maximum absolute atomic E-state index is 12.2. The number of rotatable bonds is 9. The van der Waals surface area contributed by atoms with Crippen LogP contribution < -0.4 is 10.6 Å². The summed E-state index contributed by atoms with van der Waals surface area (Å²) in [6.45, 7) is 1.49. The molecule has 0 saturated heterocycles. The van der Waals surface area contributed by atoms with Crippen molar-refractivity contribution in [3.05, 3.63) is 59.7 Å². The topological polar surface area (TPSA) is 125 Å². The second-order valence-electron chi connectivity index (χ2n) is 7.65. The zero-order valence-corrected chi connectivity index (χ0v) is 18.2. The van der Waals surface area contributed by atoms with Crippen molar-refractivity contribution < 1.29 is 29.3 Å². The van der Waals surface area contributed by atoms with E-state index in [-0.39, 0.29) is 31.9 Å². The fraction of sp³-hybridized carbons (Fsp3) is 0.320. The molecular weight excluding hydrogens is 424 g/mol. The predicted molar refractivity (Wildman–Crippen MR) is 121 cm³/mol. The number of carbonyl (C=O) groups excluding carboxylic acids is 2. The van der Waals surface area contributed by atoms with Crippen LogP contribution in [0, 0.1) is 11.8 Å². The molecule has 2 aromatic rings. The molecule has 2 amide bonds. The van der Waals surface area contributed by atoms with Crippen molar-refractivity contribution in [1.29, 1.82) is 0 Å². The summed E-state index contributed by atoms with van der Waals surface area (Å²) in [5.41, 5.74) is 4.41. The Bertz CT molecular complexity index is 1040. The number of carboxylic acid groups (broad SMARTS) is 1. The molecule has 8 nitrogen and oxygen atoms in total. The van der Waals surface area contributed by atoms with Gasteiger partial charge < -0.3 is 25.6 Å². The Labute approximate surface area is 192 Å². The number of nitrogens with one attached hydrogen (secondary N) is 2. The van der Waals surface area contributed by atoms with Gasteiger partial charge in [-0.3, -0.25) is 4.79 Å². The van der Waals surface area contributed by atoms with Gasteiger partial charge in [0.25, 0.3) is 0 Å². The van der Waals surface area contributed by atoms with Gasteiger partial charge in [-0.2, -0.15) is 0 Å². The number of carboxylic acids is 1. The third-order valence-electron chi connectivity index (χ3n) is 5.36. The van der Waals surface area contributed by atoms with Crippen LogP contribution in [0.5, 0.6) is 0 Å². The van der Waals surface area contributed by atoms with E-state index < -0.39 is 30.1 Å². The van der Waals surface area contributed by atoms with Gasteiger partial charge in [-0.05, 0) is 29.2 Å². The average Bonchev–Trinajstić information content (AvgIpc) is 3.12. The van der Waals surface area contributed by atoms with Gasteiger partial charge in [0.15, 0.2) is 0 Å². The molecular formula is C25H26N2O6. The van der Waals surface area contributed by atoms with Crippen molar-refractivity contribution in [3.63, 3.8) is 0 Å². The van der Waals surface area contributed by atoms with Crippen LogP contribution in [0.4, 0.5) is 4.79 Å². The van der Waals surface area contributed by atoms with E-state index in [0.717, 1.165) is 22.3 Å². The van der Waals surface area contributed by atoms with Crippen LogP contribution in [-0.4, -0.2) is 53.5 Å². The lowest BCUT2D eigenvalue weighted by Gasteiger charge is -2.16. The van der Waals surface area contributed by atoms with E-state index >= 15 is 0 Å². The minimum Gasteiger partial charge on any atom is -0.480 e. The lowest BCUT2D eigenvalue weighted by molar-refractivity contribution is -0.142. The molecule has 0 spiro atoms. The highest BCUT2D eigenvalue weighted by molar-refractivity contribution is 5.84. The van der Waals surface area contributed by atoms with E-state index in [1.807, 2.05) is 48.5 Å². The van der Waals surface area contributed by atoms with Gasteiger partial charge in [0.2, 0.25) is 5.91 Å². The third kappa shape index (κ3) is 6.11. The monoisotopic (exact) mass is 450 g/mol. The normalized spacial score (nSPS) is 13.5. The molecule has 0 fully saturated rings. The van der Waals surface area contributed by atoms with Crippen LogP contribution in [0.15, 0.2) is 48.5 Å². The lowest BCUT2D eigenvalue weighted by atomic mass is 9.98. The van der Waals surface area contributed by atoms with Crippen LogP contribution in [0.1, 0.15) is 36.8 Å². The predicted octanol–water partition coefficient (Wildman–Crippen LogP) is 2.26. The molecule has 2 atom stereocenters. The number of amides is 2. The van der Waals surface area contributed by atoms with Crippen molar-refractivity contribution >= 4 is 18.0 Å². The number of aliphatic carboxylic acids is 1. The Morgan fingerprint density at radius 2 is 1.67 bits per heavy atom. The molecule has 2 unspecified atom stereocenters.